The SMILES string of the molecule is CC(c1ccccc1)N1CCC(NC(=O)c2cccc(N3CCCS3(=O)=O)c2)C1. The number of carbonyl (C=O) groups is 1. The molecule has 2 fully saturated rings. The first-order valence-electron chi connectivity index (χ1n) is 10.1. The van der Waals surface area contributed by atoms with Crippen LogP contribution in [0.5, 0.6) is 0 Å². The standard InChI is InChI=1S/C22H27N3O3S/c1-17(18-7-3-2-4-8-18)24-13-11-20(16-24)23-22(26)19-9-5-10-21(15-19)25-12-6-14-29(25,27)28/h2-5,7-10,15,17,20H,6,11-14,16H2,1H3,(H,23,26). The van der Waals surface area contributed by atoms with Gasteiger partial charge in [-0.05, 0) is 43.5 Å². The lowest BCUT2D eigenvalue weighted by Gasteiger charge is -2.25. The normalized spacial score (nSPS) is 22.5. The van der Waals surface area contributed by atoms with Crippen LogP contribution in [0.4, 0.5) is 5.69 Å². The van der Waals surface area contributed by atoms with Crippen LogP contribution in [0.3, 0.4) is 0 Å². The van der Waals surface area contributed by atoms with Crippen molar-refractivity contribution in [2.24, 2.45) is 0 Å². The Morgan fingerprint density at radius 3 is 2.62 bits per heavy atom. The quantitative estimate of drug-likeness (QED) is 0.818. The Bertz CT molecular complexity index is 978. The zero-order valence-electron chi connectivity index (χ0n) is 16.6. The van der Waals surface area contributed by atoms with E-state index in [1.54, 1.807) is 24.3 Å². The molecule has 1 amide bonds. The van der Waals surface area contributed by atoms with Crippen LogP contribution in [0.15, 0.2) is 54.6 Å². The predicted molar refractivity (Wildman–Crippen MR) is 114 cm³/mol. The van der Waals surface area contributed by atoms with Gasteiger partial charge in [-0.25, -0.2) is 8.42 Å². The van der Waals surface area contributed by atoms with Gasteiger partial charge in [0.25, 0.3) is 5.91 Å². The molecule has 29 heavy (non-hydrogen) atoms. The predicted octanol–water partition coefficient (Wildman–Crippen LogP) is 2.79. The maximum Gasteiger partial charge on any atom is 0.251 e. The van der Waals surface area contributed by atoms with Gasteiger partial charge in [-0.1, -0.05) is 36.4 Å². The fourth-order valence-electron chi connectivity index (χ4n) is 4.20. The molecule has 2 heterocycles. The fraction of sp³-hybridized carbons (Fsp3) is 0.409. The lowest BCUT2D eigenvalue weighted by Crippen LogP contribution is -2.37. The molecular weight excluding hydrogens is 386 g/mol. The van der Waals surface area contributed by atoms with Gasteiger partial charge in [-0.15, -0.1) is 0 Å². The molecule has 2 aromatic rings. The minimum Gasteiger partial charge on any atom is -0.348 e. The molecular formula is C22H27N3O3S. The Kier molecular flexibility index (Phi) is 5.61. The van der Waals surface area contributed by atoms with Crippen molar-refractivity contribution in [1.29, 1.82) is 0 Å². The number of rotatable bonds is 5. The second-order valence-electron chi connectivity index (χ2n) is 7.83. The van der Waals surface area contributed by atoms with Crippen molar-refractivity contribution in [3.05, 3.63) is 65.7 Å². The monoisotopic (exact) mass is 413 g/mol. The Balaban J connectivity index is 1.40. The molecule has 2 atom stereocenters. The zero-order valence-corrected chi connectivity index (χ0v) is 17.4. The summed E-state index contributed by atoms with van der Waals surface area (Å²) in [5.74, 6) is 0.0173. The van der Waals surface area contributed by atoms with E-state index in [0.717, 1.165) is 19.5 Å². The van der Waals surface area contributed by atoms with E-state index in [-0.39, 0.29) is 17.7 Å². The number of sulfonamides is 1. The van der Waals surface area contributed by atoms with Crippen LogP contribution in [-0.2, 0) is 10.0 Å². The molecule has 2 saturated heterocycles. The third-order valence-electron chi connectivity index (χ3n) is 5.88. The van der Waals surface area contributed by atoms with E-state index in [4.69, 9.17) is 0 Å². The number of nitrogens with one attached hydrogen (secondary N) is 1. The third-order valence-corrected chi connectivity index (χ3v) is 7.75. The van der Waals surface area contributed by atoms with E-state index in [0.29, 0.717) is 30.3 Å². The van der Waals surface area contributed by atoms with E-state index in [9.17, 15) is 13.2 Å². The van der Waals surface area contributed by atoms with Gasteiger partial charge < -0.3 is 5.32 Å². The van der Waals surface area contributed by atoms with Crippen LogP contribution in [-0.4, -0.2) is 50.7 Å². The summed E-state index contributed by atoms with van der Waals surface area (Å²) in [6, 6.07) is 17.7. The number of hydrogen-bond donors (Lipinski definition) is 1. The average Bonchev–Trinajstić information content (AvgIpc) is 3.34. The Labute approximate surface area is 172 Å². The minimum absolute atomic E-state index is 0.0906. The van der Waals surface area contributed by atoms with Gasteiger partial charge in [-0.2, -0.15) is 0 Å². The number of benzene rings is 2. The number of amides is 1. The highest BCUT2D eigenvalue weighted by atomic mass is 32.2. The topological polar surface area (TPSA) is 69.7 Å². The van der Waals surface area contributed by atoms with Crippen molar-refractivity contribution in [3.63, 3.8) is 0 Å². The Morgan fingerprint density at radius 1 is 1.10 bits per heavy atom. The number of nitrogens with zero attached hydrogens (tertiary/aromatic N) is 2. The van der Waals surface area contributed by atoms with Gasteiger partial charge in [0.2, 0.25) is 10.0 Å². The van der Waals surface area contributed by atoms with Gasteiger partial charge in [0.05, 0.1) is 11.4 Å². The van der Waals surface area contributed by atoms with Crippen molar-refractivity contribution in [2.75, 3.05) is 29.7 Å². The van der Waals surface area contributed by atoms with Crippen LogP contribution in [0, 0.1) is 0 Å². The van der Waals surface area contributed by atoms with Gasteiger partial charge in [0, 0.05) is 37.3 Å². The lowest BCUT2D eigenvalue weighted by molar-refractivity contribution is 0.0936. The smallest absolute Gasteiger partial charge is 0.251 e. The van der Waals surface area contributed by atoms with Crippen LogP contribution in [0.25, 0.3) is 0 Å². The Hall–Kier alpha value is -2.38. The summed E-state index contributed by atoms with van der Waals surface area (Å²) in [5, 5.41) is 3.12. The summed E-state index contributed by atoms with van der Waals surface area (Å²) in [6.45, 7) is 4.41. The summed E-state index contributed by atoms with van der Waals surface area (Å²) in [6.07, 6.45) is 1.53. The third kappa shape index (κ3) is 4.31. The molecule has 0 spiro atoms. The molecule has 2 aromatic carbocycles. The first kappa shape index (κ1) is 19.9. The number of carbonyl (C=O) groups excluding carboxylic acids is 1. The van der Waals surface area contributed by atoms with Crippen LogP contribution < -0.4 is 9.62 Å². The molecule has 7 heteroatoms. The van der Waals surface area contributed by atoms with Crippen molar-refractivity contribution in [2.45, 2.75) is 31.8 Å². The van der Waals surface area contributed by atoms with E-state index in [1.165, 1.54) is 9.87 Å². The maximum atomic E-state index is 12.8. The highest BCUT2D eigenvalue weighted by molar-refractivity contribution is 7.93. The fourth-order valence-corrected chi connectivity index (χ4v) is 5.76. The van der Waals surface area contributed by atoms with Gasteiger partial charge >= 0.3 is 0 Å². The van der Waals surface area contributed by atoms with E-state index < -0.39 is 10.0 Å². The highest BCUT2D eigenvalue weighted by Crippen LogP contribution is 2.26. The van der Waals surface area contributed by atoms with Crippen molar-refractivity contribution < 1.29 is 13.2 Å². The van der Waals surface area contributed by atoms with Gasteiger partial charge in [-0.3, -0.25) is 14.0 Å². The van der Waals surface area contributed by atoms with Gasteiger partial charge in [0.1, 0.15) is 0 Å². The number of hydrogen-bond acceptors (Lipinski definition) is 4. The Morgan fingerprint density at radius 2 is 1.90 bits per heavy atom. The largest absolute Gasteiger partial charge is 0.348 e. The molecule has 2 unspecified atom stereocenters. The zero-order chi connectivity index (χ0) is 20.4. The van der Waals surface area contributed by atoms with Crippen LogP contribution in [0.1, 0.15) is 41.7 Å². The molecule has 1 N–H and O–H groups in total. The average molecular weight is 414 g/mol. The van der Waals surface area contributed by atoms with Crippen molar-refractivity contribution >= 4 is 21.6 Å². The summed E-state index contributed by atoms with van der Waals surface area (Å²) in [5.41, 5.74) is 2.35. The van der Waals surface area contributed by atoms with Crippen molar-refractivity contribution in [3.8, 4) is 0 Å². The molecule has 2 aliphatic rings. The van der Waals surface area contributed by atoms with Crippen molar-refractivity contribution in [1.82, 2.24) is 10.2 Å². The molecule has 0 radical (unpaired) electrons. The molecule has 0 saturated carbocycles. The second kappa shape index (κ2) is 8.16. The van der Waals surface area contributed by atoms with E-state index >= 15 is 0 Å². The van der Waals surface area contributed by atoms with E-state index in [1.807, 2.05) is 6.07 Å². The van der Waals surface area contributed by atoms with Crippen LogP contribution in [0.2, 0.25) is 0 Å². The molecule has 0 bridgehead atoms. The summed E-state index contributed by atoms with van der Waals surface area (Å²) in [4.78, 5) is 15.2. The molecule has 154 valence electrons. The first-order chi connectivity index (χ1) is 13.9. The van der Waals surface area contributed by atoms with Crippen LogP contribution >= 0.6 is 0 Å². The van der Waals surface area contributed by atoms with E-state index in [2.05, 4.69) is 41.4 Å². The minimum atomic E-state index is -3.25. The summed E-state index contributed by atoms with van der Waals surface area (Å²) < 4.78 is 25.7. The first-order valence-corrected chi connectivity index (χ1v) is 11.8. The molecule has 4 rings (SSSR count). The highest BCUT2D eigenvalue weighted by Gasteiger charge is 2.30. The summed E-state index contributed by atoms with van der Waals surface area (Å²) in [7, 11) is -3.25. The number of anilines is 1. The second-order valence-corrected chi connectivity index (χ2v) is 9.85. The maximum absolute atomic E-state index is 12.8. The number of likely N-dealkylation sites (tertiary alicyclic amines) is 1. The molecule has 0 aromatic heterocycles. The molecule has 0 aliphatic carbocycles. The lowest BCUT2D eigenvalue weighted by atomic mass is 10.1. The molecule has 2 aliphatic heterocycles. The van der Waals surface area contributed by atoms with Gasteiger partial charge in [0.15, 0.2) is 0 Å². The summed E-state index contributed by atoms with van der Waals surface area (Å²) >= 11 is 0. The molecule has 6 nitrogen and oxygen atoms in total.